The molecule has 4 nitrogen and oxygen atoms in total. The Morgan fingerprint density at radius 2 is 2.07 bits per heavy atom. The topological polar surface area (TPSA) is 55.0 Å². The molecule has 4 heteroatoms. The largest absolute Gasteiger partial charge is 0.408 e. The molecular weight excluding hydrogens is 192 g/mol. The fourth-order valence-corrected chi connectivity index (χ4v) is 1.22. The average molecular weight is 202 g/mol. The molecule has 0 aliphatic heterocycles. The molecule has 2 aromatic rings. The minimum atomic E-state index is -0.301. The second-order valence-corrected chi connectivity index (χ2v) is 3.06. The van der Waals surface area contributed by atoms with Crippen molar-refractivity contribution < 1.29 is 9.53 Å². The van der Waals surface area contributed by atoms with Gasteiger partial charge in [0.25, 0.3) is 0 Å². The first kappa shape index (κ1) is 9.45. The predicted octanol–water partition coefficient (Wildman–Crippen LogP) is 1.56. The monoisotopic (exact) mass is 202 g/mol. The molecule has 15 heavy (non-hydrogen) atoms. The zero-order valence-electron chi connectivity index (χ0n) is 8.01. The number of aromatic amines is 1. The first-order chi connectivity index (χ1) is 7.34. The van der Waals surface area contributed by atoms with Gasteiger partial charge in [0.15, 0.2) is 0 Å². The molecule has 0 saturated carbocycles. The van der Waals surface area contributed by atoms with E-state index in [1.807, 2.05) is 30.3 Å². The van der Waals surface area contributed by atoms with Gasteiger partial charge in [0.05, 0.1) is 12.6 Å². The van der Waals surface area contributed by atoms with Gasteiger partial charge in [-0.15, -0.1) is 0 Å². The van der Waals surface area contributed by atoms with Crippen molar-refractivity contribution in [3.63, 3.8) is 0 Å². The highest BCUT2D eigenvalue weighted by atomic mass is 16.5. The van der Waals surface area contributed by atoms with Crippen LogP contribution in [0.2, 0.25) is 0 Å². The van der Waals surface area contributed by atoms with Crippen molar-refractivity contribution in [2.24, 2.45) is 0 Å². The summed E-state index contributed by atoms with van der Waals surface area (Å²) in [5.41, 5.74) is 0.932. The van der Waals surface area contributed by atoms with Gasteiger partial charge in [-0.05, 0) is 5.56 Å². The normalized spacial score (nSPS) is 9.87. The zero-order valence-corrected chi connectivity index (χ0v) is 8.01. The van der Waals surface area contributed by atoms with Crippen LogP contribution in [0.5, 0.6) is 5.88 Å². The molecule has 0 fully saturated rings. The van der Waals surface area contributed by atoms with E-state index in [4.69, 9.17) is 4.74 Å². The first-order valence-electron chi connectivity index (χ1n) is 4.58. The molecule has 1 N–H and O–H groups in total. The van der Waals surface area contributed by atoms with Crippen LogP contribution in [0.1, 0.15) is 5.56 Å². The number of rotatable bonds is 3. The Morgan fingerprint density at radius 1 is 1.27 bits per heavy atom. The Balaban J connectivity index is 1.94. The third-order valence-corrected chi connectivity index (χ3v) is 1.89. The van der Waals surface area contributed by atoms with Gasteiger partial charge in [-0.1, -0.05) is 30.3 Å². The van der Waals surface area contributed by atoms with E-state index < -0.39 is 0 Å². The number of nitrogens with zero attached hydrogens (tertiary/aromatic N) is 1. The van der Waals surface area contributed by atoms with Crippen LogP contribution in [0.4, 0.5) is 0 Å². The maximum Gasteiger partial charge on any atom is 0.316 e. The fraction of sp³-hybridized carbons (Fsp3) is 0.0909. The molecule has 2 rings (SSSR count). The molecule has 0 spiro atoms. The van der Waals surface area contributed by atoms with E-state index in [0.29, 0.717) is 5.88 Å². The lowest BCUT2D eigenvalue weighted by Crippen LogP contribution is -2.11. The number of carbonyl (C=O) groups excluding carboxylic acids is 1. The first-order valence-corrected chi connectivity index (χ1v) is 4.58. The summed E-state index contributed by atoms with van der Waals surface area (Å²) in [7, 11) is 0. The summed E-state index contributed by atoms with van der Waals surface area (Å²) in [5.74, 6) is 0.0707. The molecule has 0 radical (unpaired) electrons. The van der Waals surface area contributed by atoms with Gasteiger partial charge in [-0.25, -0.2) is 5.10 Å². The van der Waals surface area contributed by atoms with Gasteiger partial charge in [-0.3, -0.25) is 4.79 Å². The molecule has 0 aliphatic rings. The van der Waals surface area contributed by atoms with Crippen molar-refractivity contribution >= 4 is 5.97 Å². The Hall–Kier alpha value is -2.10. The van der Waals surface area contributed by atoms with Crippen LogP contribution in [-0.2, 0) is 11.2 Å². The highest BCUT2D eigenvalue weighted by Crippen LogP contribution is 2.05. The van der Waals surface area contributed by atoms with E-state index in [-0.39, 0.29) is 12.4 Å². The third-order valence-electron chi connectivity index (χ3n) is 1.89. The van der Waals surface area contributed by atoms with Gasteiger partial charge in [-0.2, -0.15) is 5.10 Å². The number of nitrogens with one attached hydrogen (secondary N) is 1. The molecular formula is C11H10N2O2. The van der Waals surface area contributed by atoms with E-state index in [1.54, 1.807) is 6.07 Å². The van der Waals surface area contributed by atoms with Crippen molar-refractivity contribution in [2.45, 2.75) is 6.42 Å². The maximum atomic E-state index is 11.4. The summed E-state index contributed by atoms with van der Waals surface area (Å²) >= 11 is 0. The molecule has 0 saturated heterocycles. The third kappa shape index (κ3) is 2.67. The van der Waals surface area contributed by atoms with Crippen LogP contribution in [0.3, 0.4) is 0 Å². The van der Waals surface area contributed by atoms with E-state index in [9.17, 15) is 4.79 Å². The second kappa shape index (κ2) is 4.41. The Bertz CT molecular complexity index is 423. The van der Waals surface area contributed by atoms with E-state index in [0.717, 1.165) is 5.56 Å². The van der Waals surface area contributed by atoms with Crippen LogP contribution in [0.25, 0.3) is 0 Å². The number of benzene rings is 1. The smallest absolute Gasteiger partial charge is 0.316 e. The molecule has 76 valence electrons. The van der Waals surface area contributed by atoms with E-state index in [2.05, 4.69) is 10.2 Å². The summed E-state index contributed by atoms with van der Waals surface area (Å²) in [6.45, 7) is 0. The lowest BCUT2D eigenvalue weighted by Gasteiger charge is -2.00. The fourth-order valence-electron chi connectivity index (χ4n) is 1.22. The number of carbonyl (C=O) groups is 1. The van der Waals surface area contributed by atoms with Crippen LogP contribution >= 0.6 is 0 Å². The summed E-state index contributed by atoms with van der Waals surface area (Å²) < 4.78 is 5.00. The number of esters is 1. The van der Waals surface area contributed by atoms with Crippen LogP contribution in [-0.4, -0.2) is 16.2 Å². The molecule has 0 amide bonds. The van der Waals surface area contributed by atoms with Crippen molar-refractivity contribution in [3.05, 3.63) is 48.2 Å². The number of aromatic nitrogens is 2. The van der Waals surface area contributed by atoms with E-state index in [1.165, 1.54) is 6.20 Å². The molecule has 1 aromatic heterocycles. The summed E-state index contributed by atoms with van der Waals surface area (Å²) in [6.07, 6.45) is 1.80. The number of ether oxygens (including phenoxy) is 1. The molecule has 0 bridgehead atoms. The lowest BCUT2D eigenvalue weighted by atomic mass is 10.2. The minimum absolute atomic E-state index is 0.264. The van der Waals surface area contributed by atoms with Crippen molar-refractivity contribution in [1.82, 2.24) is 10.2 Å². The average Bonchev–Trinajstić information content (AvgIpc) is 2.71. The SMILES string of the molecule is O=C(Cc1ccccc1)Oc1ccn[nH]1. The summed E-state index contributed by atoms with van der Waals surface area (Å²) in [5, 5.41) is 6.24. The Labute approximate surface area is 86.9 Å². The van der Waals surface area contributed by atoms with E-state index >= 15 is 0 Å². The van der Waals surface area contributed by atoms with Crippen LogP contribution < -0.4 is 4.74 Å². The highest BCUT2D eigenvalue weighted by molar-refractivity contribution is 5.74. The lowest BCUT2D eigenvalue weighted by molar-refractivity contribution is -0.133. The minimum Gasteiger partial charge on any atom is -0.408 e. The van der Waals surface area contributed by atoms with Gasteiger partial charge in [0.1, 0.15) is 0 Å². The predicted molar refractivity (Wildman–Crippen MR) is 54.4 cm³/mol. The van der Waals surface area contributed by atoms with Gasteiger partial charge in [0.2, 0.25) is 5.88 Å². The second-order valence-electron chi connectivity index (χ2n) is 3.06. The number of H-pyrrole nitrogens is 1. The zero-order chi connectivity index (χ0) is 10.5. The molecule has 0 unspecified atom stereocenters. The maximum absolute atomic E-state index is 11.4. The molecule has 1 heterocycles. The standard InChI is InChI=1S/C11H10N2O2/c14-11(15-10-6-7-12-13-10)8-9-4-2-1-3-5-9/h1-7H,8H2,(H,12,13). The number of hydrogen-bond donors (Lipinski definition) is 1. The van der Waals surface area contributed by atoms with Gasteiger partial charge >= 0.3 is 5.97 Å². The van der Waals surface area contributed by atoms with Gasteiger partial charge < -0.3 is 4.74 Å². The Kier molecular flexibility index (Phi) is 2.78. The van der Waals surface area contributed by atoms with Crippen molar-refractivity contribution in [1.29, 1.82) is 0 Å². The molecule has 0 atom stereocenters. The van der Waals surface area contributed by atoms with Gasteiger partial charge in [0, 0.05) is 6.07 Å². The summed E-state index contributed by atoms with van der Waals surface area (Å²) in [4.78, 5) is 11.4. The highest BCUT2D eigenvalue weighted by Gasteiger charge is 2.06. The molecule has 1 aromatic carbocycles. The number of hydrogen-bond acceptors (Lipinski definition) is 3. The van der Waals surface area contributed by atoms with Crippen LogP contribution in [0.15, 0.2) is 42.6 Å². The van der Waals surface area contributed by atoms with Crippen LogP contribution in [0, 0.1) is 0 Å². The van der Waals surface area contributed by atoms with Crippen molar-refractivity contribution in [3.8, 4) is 5.88 Å². The quantitative estimate of drug-likeness (QED) is 0.768. The molecule has 0 aliphatic carbocycles. The summed E-state index contributed by atoms with van der Waals surface area (Å²) in [6, 6.07) is 11.0. The van der Waals surface area contributed by atoms with Crippen molar-refractivity contribution in [2.75, 3.05) is 0 Å². The Morgan fingerprint density at radius 3 is 2.73 bits per heavy atom.